The minimum Gasteiger partial charge on any atom is -0.779 e. The highest BCUT2D eigenvalue weighted by molar-refractivity contribution is 7.50. The molecule has 32 heavy (non-hydrogen) atoms. The lowest BCUT2D eigenvalue weighted by Gasteiger charge is -2.21. The summed E-state index contributed by atoms with van der Waals surface area (Å²) in [5.74, 6) is 0.119. The van der Waals surface area contributed by atoms with Crippen molar-refractivity contribution >= 4 is 36.3 Å². The molecule has 1 aliphatic rings. The number of hydrogen-bond acceptors (Lipinski definition) is 10. The van der Waals surface area contributed by atoms with Gasteiger partial charge in [0.25, 0.3) is 0 Å². The van der Waals surface area contributed by atoms with Gasteiger partial charge < -0.3 is 34.2 Å². The number of benzene rings is 1. The molecule has 2 amide bonds. The number of carbonyl (C=O) groups is 1. The molecule has 0 aliphatic carbocycles. The lowest BCUT2D eigenvalue weighted by Crippen LogP contribution is -2.33. The van der Waals surface area contributed by atoms with Gasteiger partial charge in [0.15, 0.2) is 23.2 Å². The lowest BCUT2D eigenvalue weighted by atomic mass is 10.1. The molecular weight excluding hydrogens is 443 g/mol. The second kappa shape index (κ2) is 8.90. The van der Waals surface area contributed by atoms with Crippen molar-refractivity contribution in [2.24, 2.45) is 0 Å². The Morgan fingerprint density at radius 2 is 1.97 bits per heavy atom. The van der Waals surface area contributed by atoms with Crippen molar-refractivity contribution in [3.05, 3.63) is 43.0 Å². The number of fused-ring (bicyclic) bond motifs is 1. The molecule has 0 radical (unpaired) electrons. The van der Waals surface area contributed by atoms with Crippen LogP contribution in [0.1, 0.15) is 6.23 Å². The van der Waals surface area contributed by atoms with Gasteiger partial charge in [-0.15, -0.1) is 0 Å². The zero-order chi connectivity index (χ0) is 22.9. The maximum absolute atomic E-state index is 12.3. The Labute approximate surface area is 181 Å². The third-order valence-corrected chi connectivity index (χ3v) is 5.33. The molecular formula is C18H20N6O7P-. The number of imidazole rings is 1. The number of anilines is 2. The van der Waals surface area contributed by atoms with E-state index in [0.29, 0.717) is 5.69 Å². The van der Waals surface area contributed by atoms with E-state index in [0.717, 1.165) is 6.66 Å². The molecule has 13 nitrogen and oxygen atoms in total. The molecule has 1 aromatic carbocycles. The Morgan fingerprint density at radius 3 is 2.69 bits per heavy atom. The van der Waals surface area contributed by atoms with E-state index in [1.807, 2.05) is 6.07 Å². The Balaban J connectivity index is 1.52. The fourth-order valence-corrected chi connectivity index (χ4v) is 3.64. The monoisotopic (exact) mass is 463 g/mol. The molecule has 3 heterocycles. The largest absolute Gasteiger partial charge is 0.779 e. The zero-order valence-electron chi connectivity index (χ0n) is 16.7. The number of amides is 2. The van der Waals surface area contributed by atoms with E-state index < -0.39 is 44.8 Å². The van der Waals surface area contributed by atoms with Gasteiger partial charge in [0.05, 0.1) is 12.9 Å². The smallest absolute Gasteiger partial charge is 0.324 e. The number of urea groups is 1. The first-order chi connectivity index (χ1) is 15.2. The summed E-state index contributed by atoms with van der Waals surface area (Å²) in [5, 5.41) is 25.9. The van der Waals surface area contributed by atoms with Crippen LogP contribution in [0.5, 0.6) is 0 Å². The van der Waals surface area contributed by atoms with Crippen LogP contribution < -0.4 is 15.5 Å². The number of nitrogens with zero attached hydrogens (tertiary/aromatic N) is 4. The Morgan fingerprint density at radius 1 is 1.22 bits per heavy atom. The second-order valence-corrected chi connectivity index (χ2v) is 8.91. The van der Waals surface area contributed by atoms with Crippen molar-refractivity contribution in [1.29, 1.82) is 0 Å². The fraction of sp³-hybridized carbons (Fsp3) is 0.333. The number of ether oxygens (including phenoxy) is 1. The molecule has 1 saturated heterocycles. The summed E-state index contributed by atoms with van der Waals surface area (Å²) in [6.45, 7) is 0.436. The Bertz CT molecular complexity index is 1150. The summed E-state index contributed by atoms with van der Waals surface area (Å²) in [4.78, 5) is 35.9. The molecule has 4 rings (SSSR count). The van der Waals surface area contributed by atoms with Crippen molar-refractivity contribution in [2.75, 3.05) is 23.9 Å². The number of aliphatic hydroxyl groups is 2. The van der Waals surface area contributed by atoms with Crippen LogP contribution in [-0.4, -0.2) is 67.3 Å². The van der Waals surface area contributed by atoms with Crippen LogP contribution >= 0.6 is 7.60 Å². The molecule has 0 bridgehead atoms. The van der Waals surface area contributed by atoms with Crippen molar-refractivity contribution in [3.8, 4) is 0 Å². The highest BCUT2D eigenvalue weighted by atomic mass is 31.2. The summed E-state index contributed by atoms with van der Waals surface area (Å²) in [7, 11) is -4.04. The molecule has 2 unspecified atom stereocenters. The molecule has 3 aromatic rings. The van der Waals surface area contributed by atoms with Gasteiger partial charge in [0.1, 0.15) is 32.2 Å². The molecule has 2 aromatic heterocycles. The van der Waals surface area contributed by atoms with Gasteiger partial charge in [-0.1, -0.05) is 18.2 Å². The van der Waals surface area contributed by atoms with Crippen LogP contribution in [0.2, 0.25) is 0 Å². The van der Waals surface area contributed by atoms with E-state index >= 15 is 0 Å². The topological polar surface area (TPSA) is 184 Å². The summed E-state index contributed by atoms with van der Waals surface area (Å²) in [5.41, 5.74) is 1.02. The third kappa shape index (κ3) is 4.78. The van der Waals surface area contributed by atoms with Crippen LogP contribution in [0.3, 0.4) is 0 Å². The first-order valence-corrected chi connectivity index (χ1v) is 11.5. The van der Waals surface area contributed by atoms with E-state index in [1.165, 1.54) is 17.2 Å². The predicted octanol–water partition coefficient (Wildman–Crippen LogP) is 0.289. The van der Waals surface area contributed by atoms with E-state index in [2.05, 4.69) is 25.6 Å². The van der Waals surface area contributed by atoms with E-state index in [-0.39, 0.29) is 17.0 Å². The van der Waals surface area contributed by atoms with Crippen molar-refractivity contribution in [3.63, 3.8) is 0 Å². The van der Waals surface area contributed by atoms with E-state index in [9.17, 15) is 24.5 Å². The molecule has 1 aliphatic heterocycles. The minimum absolute atomic E-state index is 0.119. The summed E-state index contributed by atoms with van der Waals surface area (Å²) >= 11 is 0. The second-order valence-electron chi connectivity index (χ2n) is 7.10. The first kappa shape index (κ1) is 22.3. The average molecular weight is 463 g/mol. The Kier molecular flexibility index (Phi) is 6.20. The standard InChI is InChI=1S/C18H21N6O7P/c1-32(28,29)30-7-11-13(25)14(26)17(31-11)24-9-21-12-15(19-8-20-16(12)24)23-18(27)22-10-5-3-2-4-6-10/h2-6,8-9,11,13-14,17,25-26H,7H2,1H3,(H,28,29)(H2,19,20,22,23,27)/p-1/t11-,13?,14+,17-/m1/s1. The minimum atomic E-state index is -4.04. The predicted molar refractivity (Wildman–Crippen MR) is 110 cm³/mol. The number of hydrogen-bond donors (Lipinski definition) is 4. The maximum atomic E-state index is 12.3. The van der Waals surface area contributed by atoms with Gasteiger partial charge >= 0.3 is 6.03 Å². The summed E-state index contributed by atoms with van der Waals surface area (Å²) < 4.78 is 22.9. The van der Waals surface area contributed by atoms with Gasteiger partial charge in [0, 0.05) is 12.4 Å². The molecule has 0 saturated carbocycles. The lowest BCUT2D eigenvalue weighted by molar-refractivity contribution is -0.199. The van der Waals surface area contributed by atoms with E-state index in [4.69, 9.17) is 9.26 Å². The summed E-state index contributed by atoms with van der Waals surface area (Å²) in [6.07, 6.45) is -2.52. The number of rotatable bonds is 6. The number of para-hydroxylation sites is 1. The molecule has 170 valence electrons. The summed E-state index contributed by atoms with van der Waals surface area (Å²) in [6, 6.07) is 8.26. The third-order valence-electron chi connectivity index (χ3n) is 4.71. The van der Waals surface area contributed by atoms with Crippen LogP contribution in [0.4, 0.5) is 16.3 Å². The van der Waals surface area contributed by atoms with Crippen molar-refractivity contribution < 1.29 is 33.7 Å². The number of nitrogens with one attached hydrogen (secondary N) is 2. The zero-order valence-corrected chi connectivity index (χ0v) is 17.6. The van der Waals surface area contributed by atoms with Gasteiger partial charge in [-0.25, -0.2) is 19.7 Å². The Hall–Kier alpha value is -2.93. The highest BCUT2D eigenvalue weighted by Gasteiger charge is 2.44. The number of carbonyl (C=O) groups excluding carboxylic acids is 1. The van der Waals surface area contributed by atoms with Crippen LogP contribution in [0, 0.1) is 0 Å². The van der Waals surface area contributed by atoms with Crippen molar-refractivity contribution in [1.82, 2.24) is 19.5 Å². The normalized spacial score (nSPS) is 24.9. The maximum Gasteiger partial charge on any atom is 0.324 e. The van der Waals surface area contributed by atoms with Gasteiger partial charge in [-0.2, -0.15) is 0 Å². The van der Waals surface area contributed by atoms with E-state index in [1.54, 1.807) is 24.3 Å². The molecule has 5 atom stereocenters. The van der Waals surface area contributed by atoms with Gasteiger partial charge in [-0.05, 0) is 12.1 Å². The quantitative estimate of drug-likeness (QED) is 0.371. The SMILES string of the molecule is CP(=O)([O-])OC[C@H]1O[C@@H](n2cnc3c(NC(=O)Nc4ccccc4)ncnc32)[C@@H](O)C1O. The number of aromatic nitrogens is 4. The van der Waals surface area contributed by atoms with Crippen molar-refractivity contribution in [2.45, 2.75) is 24.5 Å². The van der Waals surface area contributed by atoms with Gasteiger partial charge in [0.2, 0.25) is 0 Å². The van der Waals surface area contributed by atoms with Crippen LogP contribution in [0.25, 0.3) is 11.2 Å². The van der Waals surface area contributed by atoms with Crippen LogP contribution in [0.15, 0.2) is 43.0 Å². The van der Waals surface area contributed by atoms with Crippen LogP contribution in [-0.2, 0) is 13.8 Å². The fourth-order valence-electron chi connectivity index (χ4n) is 3.23. The molecule has 4 N–H and O–H groups in total. The average Bonchev–Trinajstić information content (AvgIpc) is 3.29. The highest BCUT2D eigenvalue weighted by Crippen LogP contribution is 2.36. The molecule has 0 spiro atoms. The van der Waals surface area contributed by atoms with Gasteiger partial charge in [-0.3, -0.25) is 9.88 Å². The first-order valence-electron chi connectivity index (χ1n) is 9.48. The molecule has 14 heteroatoms. The number of aliphatic hydroxyl groups excluding tert-OH is 2. The molecule has 1 fully saturated rings.